The summed E-state index contributed by atoms with van der Waals surface area (Å²) in [5, 5.41) is 20.5. The molecule has 1 saturated carbocycles. The molecule has 0 saturated heterocycles. The van der Waals surface area contributed by atoms with Crippen LogP contribution in [0, 0.1) is 0 Å². The summed E-state index contributed by atoms with van der Waals surface area (Å²) in [7, 11) is 0. The van der Waals surface area contributed by atoms with Gasteiger partial charge < -0.3 is 15.4 Å². The molecule has 1 aliphatic rings. The fourth-order valence-electron chi connectivity index (χ4n) is 2.69. The molecule has 0 bridgehead atoms. The Morgan fingerprint density at radius 1 is 1.08 bits per heavy atom. The molecule has 3 N–H and O–H groups in total. The van der Waals surface area contributed by atoms with Gasteiger partial charge in [0, 0.05) is 11.4 Å². The van der Waals surface area contributed by atoms with E-state index in [1.807, 2.05) is 48.5 Å². The predicted molar refractivity (Wildman–Crippen MR) is 96.1 cm³/mol. The zero-order chi connectivity index (χ0) is 18.1. The molecule has 3 aromatic rings. The minimum atomic E-state index is -0.982. The Hall–Kier alpha value is -3.48. The van der Waals surface area contributed by atoms with Gasteiger partial charge in [-0.25, -0.2) is 0 Å². The number of benzene rings is 2. The van der Waals surface area contributed by atoms with Gasteiger partial charge in [-0.1, -0.05) is 36.4 Å². The van der Waals surface area contributed by atoms with Crippen molar-refractivity contribution in [2.75, 3.05) is 0 Å². The number of fused-ring (bicyclic) bond motifs is 1. The van der Waals surface area contributed by atoms with Gasteiger partial charge in [0.25, 0.3) is 0 Å². The van der Waals surface area contributed by atoms with Crippen LogP contribution in [0.1, 0.15) is 12.8 Å². The maximum Gasteiger partial charge on any atom is 0.353 e. The molecule has 0 aliphatic heterocycles. The van der Waals surface area contributed by atoms with Gasteiger partial charge in [-0.3, -0.25) is 9.59 Å². The molecule has 1 fully saturated rings. The van der Waals surface area contributed by atoms with Crippen LogP contribution in [-0.2, 0) is 9.59 Å². The maximum atomic E-state index is 11.8. The maximum absolute atomic E-state index is 11.8. The van der Waals surface area contributed by atoms with Crippen LogP contribution in [0.4, 0.5) is 5.69 Å². The predicted octanol–water partition coefficient (Wildman–Crippen LogP) is 3.43. The van der Waals surface area contributed by atoms with Crippen molar-refractivity contribution < 1.29 is 14.7 Å². The number of aromatic amines is 1. The van der Waals surface area contributed by atoms with Crippen LogP contribution in [0.5, 0.6) is 5.88 Å². The molecule has 0 spiro atoms. The van der Waals surface area contributed by atoms with Gasteiger partial charge in [-0.05, 0) is 36.1 Å². The van der Waals surface area contributed by atoms with Gasteiger partial charge in [-0.2, -0.15) is 0 Å². The first-order valence-corrected chi connectivity index (χ1v) is 8.28. The van der Waals surface area contributed by atoms with Crippen molar-refractivity contribution in [2.45, 2.75) is 18.9 Å². The summed E-state index contributed by atoms with van der Waals surface area (Å²) in [4.78, 5) is 26.2. The lowest BCUT2D eigenvalue weighted by Crippen LogP contribution is -2.31. The molecule has 7 nitrogen and oxygen atoms in total. The van der Waals surface area contributed by atoms with E-state index in [-0.39, 0.29) is 17.6 Å². The molecule has 0 unspecified atom stereocenters. The molecule has 2 aromatic carbocycles. The number of carbonyl (C=O) groups excluding carboxylic acids is 2. The SMILES string of the molecule is O=C(N=Nc1c(O)[nH]c2ccc(-c3ccccc3)cc12)C(=O)NC1CC1. The Bertz CT molecular complexity index is 1020. The van der Waals surface area contributed by atoms with Gasteiger partial charge >= 0.3 is 11.8 Å². The van der Waals surface area contributed by atoms with E-state index in [0.29, 0.717) is 10.9 Å². The number of hydrogen-bond donors (Lipinski definition) is 3. The Morgan fingerprint density at radius 3 is 2.58 bits per heavy atom. The van der Waals surface area contributed by atoms with E-state index in [1.165, 1.54) is 0 Å². The summed E-state index contributed by atoms with van der Waals surface area (Å²) in [5.74, 6) is -1.96. The molecular weight excluding hydrogens is 332 g/mol. The van der Waals surface area contributed by atoms with E-state index in [4.69, 9.17) is 0 Å². The molecule has 1 aromatic heterocycles. The first kappa shape index (κ1) is 16.0. The van der Waals surface area contributed by atoms with E-state index in [1.54, 1.807) is 0 Å². The third-order valence-electron chi connectivity index (χ3n) is 4.21. The van der Waals surface area contributed by atoms with E-state index in [2.05, 4.69) is 20.5 Å². The van der Waals surface area contributed by atoms with Crippen molar-refractivity contribution >= 4 is 28.4 Å². The van der Waals surface area contributed by atoms with E-state index in [0.717, 1.165) is 24.0 Å². The summed E-state index contributed by atoms with van der Waals surface area (Å²) in [6, 6.07) is 15.4. The first-order chi connectivity index (χ1) is 12.6. The molecule has 7 heteroatoms. The van der Waals surface area contributed by atoms with Crippen LogP contribution in [0.15, 0.2) is 58.8 Å². The summed E-state index contributed by atoms with van der Waals surface area (Å²) in [6.45, 7) is 0. The Balaban J connectivity index is 1.65. The second-order valence-corrected chi connectivity index (χ2v) is 6.20. The van der Waals surface area contributed by atoms with Gasteiger partial charge in [-0.15, -0.1) is 10.2 Å². The largest absolute Gasteiger partial charge is 0.493 e. The number of aromatic hydroxyl groups is 1. The molecule has 130 valence electrons. The summed E-state index contributed by atoms with van der Waals surface area (Å²) < 4.78 is 0. The summed E-state index contributed by atoms with van der Waals surface area (Å²) >= 11 is 0. The highest BCUT2D eigenvalue weighted by molar-refractivity contribution is 6.35. The number of nitrogens with zero attached hydrogens (tertiary/aromatic N) is 2. The Labute approximate surface area is 148 Å². The third kappa shape index (κ3) is 3.19. The van der Waals surface area contributed by atoms with Gasteiger partial charge in [0.1, 0.15) is 0 Å². The number of hydrogen-bond acceptors (Lipinski definition) is 4. The topological polar surface area (TPSA) is 107 Å². The van der Waals surface area contributed by atoms with Crippen LogP contribution >= 0.6 is 0 Å². The van der Waals surface area contributed by atoms with E-state index in [9.17, 15) is 14.7 Å². The highest BCUT2D eigenvalue weighted by atomic mass is 16.3. The first-order valence-electron chi connectivity index (χ1n) is 8.28. The number of rotatable bonds is 3. The van der Waals surface area contributed by atoms with E-state index < -0.39 is 11.8 Å². The fraction of sp³-hybridized carbons (Fsp3) is 0.158. The van der Waals surface area contributed by atoms with Crippen molar-refractivity contribution in [3.63, 3.8) is 0 Å². The lowest BCUT2D eigenvalue weighted by molar-refractivity contribution is -0.137. The standard InChI is InChI=1S/C19H16N4O3/c24-17-16(22-23-19(26)18(25)20-13-7-8-13)14-10-12(6-9-15(14)21-17)11-4-2-1-3-5-11/h1-6,9-10,13,21,24H,7-8H2,(H,20,25). The summed E-state index contributed by atoms with van der Waals surface area (Å²) in [6.07, 6.45) is 1.75. The van der Waals surface area contributed by atoms with Gasteiger partial charge in [0.2, 0.25) is 5.88 Å². The zero-order valence-corrected chi connectivity index (χ0v) is 13.8. The molecule has 1 heterocycles. The summed E-state index contributed by atoms with van der Waals surface area (Å²) in [5.41, 5.74) is 2.74. The molecule has 4 rings (SSSR count). The molecular formula is C19H16N4O3. The third-order valence-corrected chi connectivity index (χ3v) is 4.21. The Kier molecular flexibility index (Phi) is 3.96. The van der Waals surface area contributed by atoms with Gasteiger partial charge in [0.15, 0.2) is 5.69 Å². The number of H-pyrrole nitrogens is 1. The zero-order valence-electron chi connectivity index (χ0n) is 13.8. The quantitative estimate of drug-likeness (QED) is 0.498. The number of nitrogens with one attached hydrogen (secondary N) is 2. The lowest BCUT2D eigenvalue weighted by Gasteiger charge is -2.01. The number of amides is 2. The van der Waals surface area contributed by atoms with Crippen LogP contribution in [0.3, 0.4) is 0 Å². The van der Waals surface area contributed by atoms with Crippen molar-refractivity contribution in [1.29, 1.82) is 0 Å². The average Bonchev–Trinajstić information content (AvgIpc) is 3.41. The molecule has 2 amide bonds. The van der Waals surface area contributed by atoms with Crippen LogP contribution < -0.4 is 5.32 Å². The van der Waals surface area contributed by atoms with Crippen molar-refractivity contribution in [3.05, 3.63) is 48.5 Å². The second-order valence-electron chi connectivity index (χ2n) is 6.20. The number of azo groups is 1. The minimum absolute atomic E-state index is 0.0663. The molecule has 0 radical (unpaired) electrons. The normalized spacial score (nSPS) is 14.0. The fourth-order valence-corrected chi connectivity index (χ4v) is 2.69. The average molecular weight is 348 g/mol. The highest BCUT2D eigenvalue weighted by Crippen LogP contribution is 2.37. The second kappa shape index (κ2) is 6.44. The van der Waals surface area contributed by atoms with Crippen molar-refractivity contribution in [2.24, 2.45) is 10.2 Å². The van der Waals surface area contributed by atoms with Crippen LogP contribution in [0.2, 0.25) is 0 Å². The number of aromatic nitrogens is 1. The van der Waals surface area contributed by atoms with Crippen molar-refractivity contribution in [3.8, 4) is 17.0 Å². The van der Waals surface area contributed by atoms with Crippen LogP contribution in [-0.4, -0.2) is 27.9 Å². The monoisotopic (exact) mass is 348 g/mol. The Morgan fingerprint density at radius 2 is 1.85 bits per heavy atom. The van der Waals surface area contributed by atoms with Crippen molar-refractivity contribution in [1.82, 2.24) is 10.3 Å². The van der Waals surface area contributed by atoms with E-state index >= 15 is 0 Å². The smallest absolute Gasteiger partial charge is 0.353 e. The molecule has 26 heavy (non-hydrogen) atoms. The van der Waals surface area contributed by atoms with Crippen LogP contribution in [0.25, 0.3) is 22.0 Å². The molecule has 0 atom stereocenters. The van der Waals surface area contributed by atoms with Gasteiger partial charge in [0.05, 0.1) is 5.52 Å². The highest BCUT2D eigenvalue weighted by Gasteiger charge is 2.26. The number of carbonyl (C=O) groups is 2. The lowest BCUT2D eigenvalue weighted by atomic mass is 10.0. The molecule has 1 aliphatic carbocycles. The minimum Gasteiger partial charge on any atom is -0.493 e.